The predicted octanol–water partition coefficient (Wildman–Crippen LogP) is 2.24. The molecule has 0 unspecified atom stereocenters. The van der Waals surface area contributed by atoms with Crippen LogP contribution in [0.5, 0.6) is 0 Å². The van der Waals surface area contributed by atoms with E-state index < -0.39 is 23.3 Å². The zero-order valence-corrected chi connectivity index (χ0v) is 15.7. The number of carboxylic acid groups (broad SMARTS) is 1. The molecule has 0 spiro atoms. The first-order chi connectivity index (χ1) is 12.9. The van der Waals surface area contributed by atoms with Gasteiger partial charge in [-0.15, -0.1) is 0 Å². The number of aliphatic hydroxyl groups is 1. The van der Waals surface area contributed by atoms with Gasteiger partial charge < -0.3 is 19.8 Å². The Labute approximate surface area is 158 Å². The van der Waals surface area contributed by atoms with E-state index in [9.17, 15) is 24.2 Å². The van der Waals surface area contributed by atoms with Crippen LogP contribution in [0.25, 0.3) is 0 Å². The van der Waals surface area contributed by atoms with Gasteiger partial charge in [0.25, 0.3) is 0 Å². The lowest BCUT2D eigenvalue weighted by Crippen LogP contribution is -2.58. The van der Waals surface area contributed by atoms with Crippen LogP contribution in [0.2, 0.25) is 0 Å². The van der Waals surface area contributed by atoms with Crippen LogP contribution in [0, 0.1) is 11.2 Å². The average molecular weight is 381 g/mol. The molecule has 0 radical (unpaired) electrons. The third-order valence-electron chi connectivity index (χ3n) is 5.23. The van der Waals surface area contributed by atoms with Crippen molar-refractivity contribution in [3.63, 3.8) is 0 Å². The number of piperidine rings is 1. The topological polar surface area (TPSA) is 87.1 Å². The predicted molar refractivity (Wildman–Crippen MR) is 97.7 cm³/mol. The number of rotatable bonds is 9. The second kappa shape index (κ2) is 9.80. The van der Waals surface area contributed by atoms with Crippen LogP contribution in [0.3, 0.4) is 0 Å². The van der Waals surface area contributed by atoms with E-state index in [0.29, 0.717) is 25.1 Å². The number of ether oxygens (including phenoxy) is 1. The number of likely N-dealkylation sites (tertiary alicyclic amines) is 1. The molecule has 2 rings (SSSR count). The molecule has 0 saturated carbocycles. The van der Waals surface area contributed by atoms with Crippen molar-refractivity contribution in [2.45, 2.75) is 44.6 Å². The quantitative estimate of drug-likeness (QED) is 0.641. The molecule has 2 atom stereocenters. The van der Waals surface area contributed by atoms with Crippen molar-refractivity contribution in [2.75, 3.05) is 26.8 Å². The number of hydrogen-bond donors (Lipinski definition) is 2. The number of carbonyl (C=O) groups excluding carboxylic acids is 1. The minimum Gasteiger partial charge on any atom is -0.481 e. The fourth-order valence-electron chi connectivity index (χ4n) is 3.58. The van der Waals surface area contributed by atoms with Gasteiger partial charge in [0.2, 0.25) is 5.91 Å². The van der Waals surface area contributed by atoms with E-state index >= 15 is 0 Å². The number of nitrogens with zero attached hydrogens (tertiary/aromatic N) is 1. The number of unbranched alkanes of at least 4 members (excludes halogenated alkanes) is 2. The van der Waals surface area contributed by atoms with Gasteiger partial charge in [-0.05, 0) is 43.4 Å². The number of aliphatic carboxylic acids is 1. The zero-order valence-electron chi connectivity index (χ0n) is 15.7. The highest BCUT2D eigenvalue weighted by Crippen LogP contribution is 2.35. The molecule has 1 aromatic carbocycles. The van der Waals surface area contributed by atoms with Gasteiger partial charge in [0.1, 0.15) is 11.2 Å². The van der Waals surface area contributed by atoms with Gasteiger partial charge in [-0.25, -0.2) is 4.39 Å². The lowest BCUT2D eigenvalue weighted by molar-refractivity contribution is -0.165. The number of halogens is 1. The van der Waals surface area contributed by atoms with Gasteiger partial charge in [-0.3, -0.25) is 9.59 Å². The van der Waals surface area contributed by atoms with Gasteiger partial charge >= 0.3 is 5.97 Å². The summed E-state index contributed by atoms with van der Waals surface area (Å²) < 4.78 is 18.1. The zero-order chi connectivity index (χ0) is 19.9. The molecule has 0 aromatic heterocycles. The Bertz CT molecular complexity index is 636. The molecule has 1 aliphatic rings. The standard InChI is InChI=1S/C20H28FNO5/c1-27-12-4-2-3-5-18(24)22-11-10-17(23)20(14-22,19(25)26)13-15-6-8-16(21)9-7-15/h6-9,17,23H,2-5,10-14H2,1H3,(H,25,26)/t17-,20-/m1/s1. The monoisotopic (exact) mass is 381 g/mol. The van der Waals surface area contributed by atoms with Crippen LogP contribution in [-0.2, 0) is 20.7 Å². The Kier molecular flexibility index (Phi) is 7.74. The number of hydrogen-bond acceptors (Lipinski definition) is 4. The summed E-state index contributed by atoms with van der Waals surface area (Å²) in [6, 6.07) is 5.57. The molecule has 1 heterocycles. The highest BCUT2D eigenvalue weighted by Gasteiger charge is 2.50. The van der Waals surface area contributed by atoms with E-state index in [1.807, 2.05) is 0 Å². The van der Waals surface area contributed by atoms with Crippen molar-refractivity contribution >= 4 is 11.9 Å². The Morgan fingerprint density at radius 3 is 2.59 bits per heavy atom. The van der Waals surface area contributed by atoms with Gasteiger partial charge in [0.15, 0.2) is 0 Å². The molecule has 1 aliphatic heterocycles. The van der Waals surface area contributed by atoms with E-state index in [4.69, 9.17) is 4.74 Å². The molecule has 7 heteroatoms. The summed E-state index contributed by atoms with van der Waals surface area (Å²) in [5.41, 5.74) is -0.867. The first-order valence-electron chi connectivity index (χ1n) is 9.31. The van der Waals surface area contributed by atoms with E-state index in [1.54, 1.807) is 12.0 Å². The van der Waals surface area contributed by atoms with Crippen molar-refractivity contribution in [2.24, 2.45) is 5.41 Å². The lowest BCUT2D eigenvalue weighted by Gasteiger charge is -2.43. The number of benzene rings is 1. The number of amides is 1. The molecule has 1 saturated heterocycles. The molecule has 1 amide bonds. The van der Waals surface area contributed by atoms with Gasteiger partial charge in [0, 0.05) is 33.2 Å². The van der Waals surface area contributed by atoms with E-state index in [1.165, 1.54) is 24.3 Å². The van der Waals surface area contributed by atoms with Gasteiger partial charge in [-0.2, -0.15) is 0 Å². The minimum atomic E-state index is -1.48. The summed E-state index contributed by atoms with van der Waals surface area (Å²) in [6.45, 7) is 0.957. The number of methoxy groups -OCH3 is 1. The summed E-state index contributed by atoms with van der Waals surface area (Å²) in [7, 11) is 1.64. The Hall–Kier alpha value is -1.99. The van der Waals surface area contributed by atoms with E-state index in [0.717, 1.165) is 19.3 Å². The molecule has 27 heavy (non-hydrogen) atoms. The van der Waals surface area contributed by atoms with Gasteiger partial charge in [-0.1, -0.05) is 18.6 Å². The lowest BCUT2D eigenvalue weighted by atomic mass is 9.72. The fraction of sp³-hybridized carbons (Fsp3) is 0.600. The number of carboxylic acids is 1. The van der Waals surface area contributed by atoms with Crippen LogP contribution in [-0.4, -0.2) is 59.9 Å². The van der Waals surface area contributed by atoms with Crippen molar-refractivity contribution in [1.82, 2.24) is 4.90 Å². The smallest absolute Gasteiger partial charge is 0.314 e. The second-order valence-electron chi connectivity index (χ2n) is 7.19. The number of carbonyl (C=O) groups is 2. The maximum Gasteiger partial charge on any atom is 0.314 e. The third kappa shape index (κ3) is 5.49. The largest absolute Gasteiger partial charge is 0.481 e. The molecular weight excluding hydrogens is 353 g/mol. The third-order valence-corrected chi connectivity index (χ3v) is 5.23. The normalized spacial score (nSPS) is 22.6. The van der Waals surface area contributed by atoms with Crippen LogP contribution < -0.4 is 0 Å². The van der Waals surface area contributed by atoms with E-state index in [-0.39, 0.29) is 25.3 Å². The first kappa shape index (κ1) is 21.3. The van der Waals surface area contributed by atoms with Gasteiger partial charge in [0.05, 0.1) is 6.10 Å². The molecular formula is C20H28FNO5. The molecule has 0 aliphatic carbocycles. The molecule has 150 valence electrons. The van der Waals surface area contributed by atoms with Crippen LogP contribution in [0.4, 0.5) is 4.39 Å². The summed E-state index contributed by atoms with van der Waals surface area (Å²) in [6.07, 6.45) is 2.02. The highest BCUT2D eigenvalue weighted by molar-refractivity contribution is 5.80. The maximum absolute atomic E-state index is 13.1. The minimum absolute atomic E-state index is 0.0431. The SMILES string of the molecule is COCCCCCC(=O)N1CC[C@@H](O)[C@](Cc2ccc(F)cc2)(C(=O)O)C1. The highest BCUT2D eigenvalue weighted by atomic mass is 19.1. The molecule has 1 fully saturated rings. The summed E-state index contributed by atoms with van der Waals surface area (Å²) in [4.78, 5) is 26.1. The van der Waals surface area contributed by atoms with Crippen molar-refractivity contribution in [1.29, 1.82) is 0 Å². The average Bonchev–Trinajstić information content (AvgIpc) is 2.65. The van der Waals surface area contributed by atoms with Crippen molar-refractivity contribution in [3.8, 4) is 0 Å². The van der Waals surface area contributed by atoms with Crippen molar-refractivity contribution in [3.05, 3.63) is 35.6 Å². The molecule has 2 N–H and O–H groups in total. The maximum atomic E-state index is 13.1. The Morgan fingerprint density at radius 1 is 1.26 bits per heavy atom. The van der Waals surface area contributed by atoms with Crippen LogP contribution >= 0.6 is 0 Å². The van der Waals surface area contributed by atoms with Crippen LogP contribution in [0.1, 0.15) is 37.7 Å². The second-order valence-corrected chi connectivity index (χ2v) is 7.19. The Balaban J connectivity index is 2.05. The first-order valence-corrected chi connectivity index (χ1v) is 9.31. The summed E-state index contributed by atoms with van der Waals surface area (Å²) >= 11 is 0. The fourth-order valence-corrected chi connectivity index (χ4v) is 3.58. The van der Waals surface area contributed by atoms with Crippen LogP contribution in [0.15, 0.2) is 24.3 Å². The summed E-state index contributed by atoms with van der Waals surface area (Å²) in [5.74, 6) is -1.64. The molecule has 0 bridgehead atoms. The van der Waals surface area contributed by atoms with Crippen molar-refractivity contribution < 1.29 is 28.9 Å². The molecule has 6 nitrogen and oxygen atoms in total. The summed E-state index contributed by atoms with van der Waals surface area (Å²) in [5, 5.41) is 20.3. The van der Waals surface area contributed by atoms with E-state index in [2.05, 4.69) is 0 Å². The molecule has 1 aromatic rings. The number of aliphatic hydroxyl groups excluding tert-OH is 1. The Morgan fingerprint density at radius 2 is 1.96 bits per heavy atom.